The van der Waals surface area contributed by atoms with Crippen molar-refractivity contribution < 1.29 is 15.0 Å². The first-order valence-electron chi connectivity index (χ1n) is 7.29. The molecule has 0 aromatic heterocycles. The predicted octanol–water partition coefficient (Wildman–Crippen LogP) is 1.99. The summed E-state index contributed by atoms with van der Waals surface area (Å²) in [6.45, 7) is 7.58. The van der Waals surface area contributed by atoms with Crippen LogP contribution in [0.15, 0.2) is 18.2 Å². The second-order valence-corrected chi connectivity index (χ2v) is 6.14. The number of phenolic OH excluding ortho intramolecular Hbond substituents is 1. The smallest absolute Gasteiger partial charge is 0.225 e. The van der Waals surface area contributed by atoms with E-state index in [2.05, 4.69) is 31.4 Å². The van der Waals surface area contributed by atoms with E-state index in [-0.39, 0.29) is 23.7 Å². The summed E-state index contributed by atoms with van der Waals surface area (Å²) < 4.78 is 0. The van der Waals surface area contributed by atoms with Gasteiger partial charge in [-0.2, -0.15) is 0 Å². The Morgan fingerprint density at radius 3 is 2.52 bits per heavy atom. The van der Waals surface area contributed by atoms with E-state index in [0.717, 1.165) is 5.56 Å². The van der Waals surface area contributed by atoms with Gasteiger partial charge in [-0.25, -0.2) is 0 Å². The van der Waals surface area contributed by atoms with E-state index >= 15 is 0 Å². The highest BCUT2D eigenvalue weighted by molar-refractivity contribution is 5.91. The molecule has 0 aliphatic rings. The second kappa shape index (κ2) is 8.00. The Morgan fingerprint density at radius 1 is 1.19 bits per heavy atom. The van der Waals surface area contributed by atoms with Crippen molar-refractivity contribution in [1.82, 2.24) is 5.32 Å². The molecule has 0 radical (unpaired) electrons. The molecule has 1 aromatic carbocycles. The fourth-order valence-electron chi connectivity index (χ4n) is 1.87. The van der Waals surface area contributed by atoms with Crippen molar-refractivity contribution in [3.05, 3.63) is 23.8 Å². The molecule has 0 heterocycles. The van der Waals surface area contributed by atoms with Crippen LogP contribution in [0.25, 0.3) is 0 Å². The van der Waals surface area contributed by atoms with Crippen LogP contribution in [0, 0.1) is 0 Å². The van der Waals surface area contributed by atoms with Gasteiger partial charge in [-0.15, -0.1) is 0 Å². The van der Waals surface area contributed by atoms with Gasteiger partial charge in [0.15, 0.2) is 0 Å². The minimum Gasteiger partial charge on any atom is -0.508 e. The van der Waals surface area contributed by atoms with Crippen molar-refractivity contribution in [2.45, 2.75) is 39.0 Å². The lowest BCUT2D eigenvalue weighted by molar-refractivity contribution is -0.116. The summed E-state index contributed by atoms with van der Waals surface area (Å²) in [5, 5.41) is 24.3. The molecule has 1 amide bonds. The van der Waals surface area contributed by atoms with Crippen LogP contribution < -0.4 is 10.6 Å². The van der Waals surface area contributed by atoms with Crippen molar-refractivity contribution in [3.8, 4) is 5.75 Å². The van der Waals surface area contributed by atoms with Crippen molar-refractivity contribution in [3.63, 3.8) is 0 Å². The Bertz CT molecular complexity index is 467. The van der Waals surface area contributed by atoms with Crippen molar-refractivity contribution >= 4 is 11.6 Å². The van der Waals surface area contributed by atoms with Crippen molar-refractivity contribution in [2.24, 2.45) is 0 Å². The third kappa shape index (κ3) is 6.60. The molecular weight excluding hydrogens is 268 g/mol. The SMILES string of the molecule is CC(C)(C)c1cc(O)cc(NC(=O)CCNCCCO)c1. The first-order chi connectivity index (χ1) is 9.82. The quantitative estimate of drug-likeness (QED) is 0.580. The Labute approximate surface area is 126 Å². The van der Waals surface area contributed by atoms with Gasteiger partial charge in [-0.1, -0.05) is 20.8 Å². The normalized spacial score (nSPS) is 11.4. The molecule has 0 spiro atoms. The molecule has 4 N–H and O–H groups in total. The predicted molar refractivity (Wildman–Crippen MR) is 84.6 cm³/mol. The number of hydrogen-bond donors (Lipinski definition) is 4. The number of nitrogens with one attached hydrogen (secondary N) is 2. The topological polar surface area (TPSA) is 81.6 Å². The summed E-state index contributed by atoms with van der Waals surface area (Å²) in [4.78, 5) is 11.8. The first kappa shape index (κ1) is 17.5. The zero-order valence-electron chi connectivity index (χ0n) is 13.1. The number of carbonyl (C=O) groups excluding carboxylic acids is 1. The van der Waals surface area contributed by atoms with Crippen LogP contribution in [0.2, 0.25) is 0 Å². The molecule has 1 aromatic rings. The molecule has 0 saturated heterocycles. The fraction of sp³-hybridized carbons (Fsp3) is 0.562. The first-order valence-corrected chi connectivity index (χ1v) is 7.29. The van der Waals surface area contributed by atoms with Crippen LogP contribution in [0.4, 0.5) is 5.69 Å². The zero-order chi connectivity index (χ0) is 15.9. The van der Waals surface area contributed by atoms with Crippen LogP contribution in [-0.4, -0.2) is 35.8 Å². The highest BCUT2D eigenvalue weighted by atomic mass is 16.3. The number of aliphatic hydroxyl groups excluding tert-OH is 1. The molecule has 5 heteroatoms. The number of amides is 1. The molecule has 0 atom stereocenters. The zero-order valence-corrected chi connectivity index (χ0v) is 13.1. The van der Waals surface area contributed by atoms with Crippen LogP contribution in [0.1, 0.15) is 39.2 Å². The molecule has 0 aliphatic carbocycles. The van der Waals surface area contributed by atoms with Gasteiger partial charge in [0.05, 0.1) is 0 Å². The van der Waals surface area contributed by atoms with E-state index in [1.165, 1.54) is 0 Å². The summed E-state index contributed by atoms with van der Waals surface area (Å²) in [6.07, 6.45) is 1.04. The monoisotopic (exact) mass is 294 g/mol. The summed E-state index contributed by atoms with van der Waals surface area (Å²) in [5.41, 5.74) is 1.49. The molecule has 21 heavy (non-hydrogen) atoms. The second-order valence-electron chi connectivity index (χ2n) is 6.14. The molecule has 118 valence electrons. The molecule has 0 saturated carbocycles. The molecule has 1 rings (SSSR count). The number of benzene rings is 1. The molecule has 0 aliphatic heterocycles. The van der Waals surface area contributed by atoms with Gasteiger partial charge in [0.25, 0.3) is 0 Å². The minimum atomic E-state index is -0.100. The third-order valence-corrected chi connectivity index (χ3v) is 3.11. The van der Waals surface area contributed by atoms with E-state index in [1.54, 1.807) is 12.1 Å². The Hall–Kier alpha value is -1.59. The van der Waals surface area contributed by atoms with E-state index in [4.69, 9.17) is 5.11 Å². The lowest BCUT2D eigenvalue weighted by Gasteiger charge is -2.20. The van der Waals surface area contributed by atoms with Gasteiger partial charge in [-0.3, -0.25) is 4.79 Å². The average Bonchev–Trinajstić information content (AvgIpc) is 2.36. The Morgan fingerprint density at radius 2 is 1.90 bits per heavy atom. The van der Waals surface area contributed by atoms with Gasteiger partial charge in [0, 0.05) is 31.3 Å². The fourth-order valence-corrected chi connectivity index (χ4v) is 1.87. The Kier molecular flexibility index (Phi) is 6.65. The number of hydrogen-bond acceptors (Lipinski definition) is 4. The van der Waals surface area contributed by atoms with Crippen LogP contribution >= 0.6 is 0 Å². The lowest BCUT2D eigenvalue weighted by atomic mass is 9.86. The number of anilines is 1. The van der Waals surface area contributed by atoms with Crippen LogP contribution in [-0.2, 0) is 10.2 Å². The maximum Gasteiger partial charge on any atom is 0.225 e. The molecule has 5 nitrogen and oxygen atoms in total. The van der Waals surface area contributed by atoms with E-state index in [0.29, 0.717) is 31.6 Å². The summed E-state index contributed by atoms with van der Waals surface area (Å²) in [5.74, 6) is 0.0516. The van der Waals surface area contributed by atoms with E-state index in [9.17, 15) is 9.90 Å². The Balaban J connectivity index is 2.54. The third-order valence-electron chi connectivity index (χ3n) is 3.11. The largest absolute Gasteiger partial charge is 0.508 e. The molecule has 0 unspecified atom stereocenters. The van der Waals surface area contributed by atoms with Gasteiger partial charge in [-0.05, 0) is 36.1 Å². The standard InChI is InChI=1S/C16H26N2O3/c1-16(2,3)12-9-13(11-14(20)10-12)18-15(21)5-7-17-6-4-8-19/h9-11,17,19-20H,4-8H2,1-3H3,(H,18,21). The molecule has 0 fully saturated rings. The summed E-state index contributed by atoms with van der Waals surface area (Å²) >= 11 is 0. The maximum absolute atomic E-state index is 11.8. The van der Waals surface area contributed by atoms with Crippen LogP contribution in [0.5, 0.6) is 5.75 Å². The van der Waals surface area contributed by atoms with Gasteiger partial charge < -0.3 is 20.8 Å². The number of phenols is 1. The van der Waals surface area contributed by atoms with Gasteiger partial charge in [0.2, 0.25) is 5.91 Å². The highest BCUT2D eigenvalue weighted by Crippen LogP contribution is 2.29. The number of rotatable bonds is 7. The van der Waals surface area contributed by atoms with E-state index in [1.807, 2.05) is 6.07 Å². The number of aliphatic hydroxyl groups is 1. The highest BCUT2D eigenvalue weighted by Gasteiger charge is 2.15. The van der Waals surface area contributed by atoms with Crippen molar-refractivity contribution in [1.29, 1.82) is 0 Å². The minimum absolute atomic E-state index is 0.0932. The lowest BCUT2D eigenvalue weighted by Crippen LogP contribution is -2.23. The van der Waals surface area contributed by atoms with Gasteiger partial charge in [0.1, 0.15) is 5.75 Å². The van der Waals surface area contributed by atoms with Gasteiger partial charge >= 0.3 is 0 Å². The summed E-state index contributed by atoms with van der Waals surface area (Å²) in [7, 11) is 0. The maximum atomic E-state index is 11.8. The van der Waals surface area contributed by atoms with Crippen molar-refractivity contribution in [2.75, 3.05) is 25.0 Å². The molecular formula is C16H26N2O3. The average molecular weight is 294 g/mol. The van der Waals surface area contributed by atoms with E-state index < -0.39 is 0 Å². The summed E-state index contributed by atoms with van der Waals surface area (Å²) in [6, 6.07) is 5.15. The number of carbonyl (C=O) groups is 1. The number of aromatic hydroxyl groups is 1. The van der Waals surface area contributed by atoms with Crippen LogP contribution in [0.3, 0.4) is 0 Å². The molecule has 0 bridgehead atoms.